The zero-order valence-electron chi connectivity index (χ0n) is 11.8. The summed E-state index contributed by atoms with van der Waals surface area (Å²) in [5.74, 6) is -1.07. The molecule has 2 rings (SSSR count). The number of benzene rings is 2. The lowest BCUT2D eigenvalue weighted by Crippen LogP contribution is -2.12. The molecule has 1 unspecified atom stereocenters. The van der Waals surface area contributed by atoms with Crippen molar-refractivity contribution in [3.63, 3.8) is 0 Å². The molecule has 1 atom stereocenters. The molecule has 4 heteroatoms. The van der Waals surface area contributed by atoms with Gasteiger partial charge < -0.3 is 10.2 Å². The first-order valence-electron chi connectivity index (χ1n) is 6.47. The van der Waals surface area contributed by atoms with E-state index in [1.54, 1.807) is 6.92 Å². The molecule has 0 amide bonds. The second-order valence-corrected chi connectivity index (χ2v) is 4.95. The van der Waals surface area contributed by atoms with Crippen LogP contribution in [0.15, 0.2) is 42.5 Å². The van der Waals surface area contributed by atoms with Crippen LogP contribution in [-0.2, 0) is 0 Å². The van der Waals surface area contributed by atoms with Gasteiger partial charge in [-0.05, 0) is 37.3 Å². The number of hydrogen-bond acceptors (Lipinski definition) is 2. The molecule has 0 bridgehead atoms. The first-order valence-corrected chi connectivity index (χ1v) is 6.47. The molecule has 0 radical (unpaired) electrons. The molecule has 20 heavy (non-hydrogen) atoms. The van der Waals surface area contributed by atoms with Gasteiger partial charge in [0.2, 0.25) is 0 Å². The van der Waals surface area contributed by atoms with Crippen LogP contribution in [0.4, 0.5) is 20.2 Å². The van der Waals surface area contributed by atoms with Gasteiger partial charge in [-0.15, -0.1) is 0 Å². The number of hydrogen-bond donors (Lipinski definition) is 1. The van der Waals surface area contributed by atoms with Crippen molar-refractivity contribution in [3.05, 3.63) is 59.7 Å². The smallest absolute Gasteiger partial charge is 0.131 e. The van der Waals surface area contributed by atoms with Gasteiger partial charge >= 0.3 is 0 Å². The topological polar surface area (TPSA) is 15.3 Å². The molecule has 2 nitrogen and oxygen atoms in total. The van der Waals surface area contributed by atoms with E-state index in [9.17, 15) is 8.78 Å². The van der Waals surface area contributed by atoms with Crippen LogP contribution in [0.25, 0.3) is 0 Å². The molecule has 0 aromatic heterocycles. The molecular formula is C16H18F2N2. The van der Waals surface area contributed by atoms with Crippen LogP contribution in [0, 0.1) is 11.6 Å². The van der Waals surface area contributed by atoms with Gasteiger partial charge in [0, 0.05) is 31.0 Å². The van der Waals surface area contributed by atoms with Crippen LogP contribution in [0.5, 0.6) is 0 Å². The first kappa shape index (κ1) is 14.3. The van der Waals surface area contributed by atoms with Gasteiger partial charge in [0.05, 0.1) is 6.04 Å². The average molecular weight is 276 g/mol. The third kappa shape index (κ3) is 3.07. The second-order valence-electron chi connectivity index (χ2n) is 4.95. The summed E-state index contributed by atoms with van der Waals surface area (Å²) >= 11 is 0. The van der Waals surface area contributed by atoms with Crippen molar-refractivity contribution in [2.75, 3.05) is 24.3 Å². The van der Waals surface area contributed by atoms with Crippen molar-refractivity contribution in [2.24, 2.45) is 0 Å². The highest BCUT2D eigenvalue weighted by molar-refractivity contribution is 5.58. The van der Waals surface area contributed by atoms with Gasteiger partial charge in [-0.3, -0.25) is 0 Å². The highest BCUT2D eigenvalue weighted by Crippen LogP contribution is 2.26. The summed E-state index contributed by atoms with van der Waals surface area (Å²) in [7, 11) is 3.89. The molecule has 2 aromatic carbocycles. The summed E-state index contributed by atoms with van der Waals surface area (Å²) in [5.41, 5.74) is 1.91. The number of halogens is 2. The van der Waals surface area contributed by atoms with Crippen molar-refractivity contribution < 1.29 is 8.78 Å². The molecule has 0 heterocycles. The van der Waals surface area contributed by atoms with E-state index in [1.165, 1.54) is 18.2 Å². The molecular weight excluding hydrogens is 258 g/mol. The van der Waals surface area contributed by atoms with E-state index in [0.29, 0.717) is 0 Å². The van der Waals surface area contributed by atoms with Gasteiger partial charge in [-0.25, -0.2) is 8.78 Å². The van der Waals surface area contributed by atoms with Gasteiger partial charge in [0.25, 0.3) is 0 Å². The minimum absolute atomic E-state index is 0.0581. The van der Waals surface area contributed by atoms with Gasteiger partial charge in [-0.1, -0.05) is 12.1 Å². The van der Waals surface area contributed by atoms with Crippen LogP contribution in [-0.4, -0.2) is 14.1 Å². The number of anilines is 2. The predicted octanol–water partition coefficient (Wildman–Crippen LogP) is 4.20. The Bertz CT molecular complexity index is 577. The van der Waals surface area contributed by atoms with Gasteiger partial charge in [0.15, 0.2) is 0 Å². The van der Waals surface area contributed by atoms with Crippen LogP contribution in [0.2, 0.25) is 0 Å². The third-order valence-corrected chi connectivity index (χ3v) is 3.18. The molecule has 0 aliphatic carbocycles. The summed E-state index contributed by atoms with van der Waals surface area (Å²) in [6.07, 6.45) is 0. The van der Waals surface area contributed by atoms with E-state index in [4.69, 9.17) is 0 Å². The SMILES string of the molecule is CC(Nc1cccc(N(C)C)c1)c1c(F)cccc1F. The number of nitrogens with zero attached hydrogens (tertiary/aromatic N) is 1. The Kier molecular flexibility index (Phi) is 4.23. The lowest BCUT2D eigenvalue weighted by molar-refractivity contribution is 0.544. The number of rotatable bonds is 4. The minimum atomic E-state index is -0.534. The summed E-state index contributed by atoms with van der Waals surface area (Å²) < 4.78 is 27.4. The van der Waals surface area contributed by atoms with Crippen LogP contribution >= 0.6 is 0 Å². The maximum absolute atomic E-state index is 13.7. The van der Waals surface area contributed by atoms with Crippen molar-refractivity contribution in [3.8, 4) is 0 Å². The normalized spacial score (nSPS) is 12.1. The van der Waals surface area contributed by atoms with E-state index in [0.717, 1.165) is 11.4 Å². The van der Waals surface area contributed by atoms with Crippen LogP contribution in [0.3, 0.4) is 0 Å². The Morgan fingerprint density at radius 2 is 1.60 bits per heavy atom. The van der Waals surface area contributed by atoms with Gasteiger partial charge in [0.1, 0.15) is 11.6 Å². The van der Waals surface area contributed by atoms with E-state index < -0.39 is 17.7 Å². The maximum atomic E-state index is 13.7. The van der Waals surface area contributed by atoms with Gasteiger partial charge in [-0.2, -0.15) is 0 Å². The van der Waals surface area contributed by atoms with E-state index >= 15 is 0 Å². The zero-order chi connectivity index (χ0) is 14.7. The molecule has 2 aromatic rings. The summed E-state index contributed by atoms with van der Waals surface area (Å²) in [6, 6.07) is 11.2. The fraction of sp³-hybridized carbons (Fsp3) is 0.250. The molecule has 0 saturated heterocycles. The Hall–Kier alpha value is -2.10. The summed E-state index contributed by atoms with van der Waals surface area (Å²) in [5, 5.41) is 3.13. The standard InChI is InChI=1S/C16H18F2N2/c1-11(16-14(17)8-5-9-15(16)18)19-12-6-4-7-13(10-12)20(2)3/h4-11,19H,1-3H3. The maximum Gasteiger partial charge on any atom is 0.131 e. The lowest BCUT2D eigenvalue weighted by atomic mass is 10.1. The Labute approximate surface area is 118 Å². The first-order chi connectivity index (χ1) is 9.49. The Balaban J connectivity index is 2.23. The highest BCUT2D eigenvalue weighted by Gasteiger charge is 2.15. The van der Waals surface area contributed by atoms with Crippen molar-refractivity contribution >= 4 is 11.4 Å². The van der Waals surface area contributed by atoms with Crippen LogP contribution in [0.1, 0.15) is 18.5 Å². The summed E-state index contributed by atoms with van der Waals surface area (Å²) in [6.45, 7) is 1.74. The second kappa shape index (κ2) is 5.90. The fourth-order valence-electron chi connectivity index (χ4n) is 2.12. The molecule has 1 N–H and O–H groups in total. The van der Waals surface area contributed by atoms with Crippen molar-refractivity contribution in [1.29, 1.82) is 0 Å². The number of nitrogens with one attached hydrogen (secondary N) is 1. The van der Waals surface area contributed by atoms with E-state index in [2.05, 4.69) is 5.32 Å². The molecule has 0 aliphatic heterocycles. The van der Waals surface area contributed by atoms with Crippen molar-refractivity contribution in [1.82, 2.24) is 0 Å². The Morgan fingerprint density at radius 3 is 2.20 bits per heavy atom. The average Bonchev–Trinajstić information content (AvgIpc) is 2.38. The molecule has 0 saturated carbocycles. The largest absolute Gasteiger partial charge is 0.378 e. The lowest BCUT2D eigenvalue weighted by Gasteiger charge is -2.19. The molecule has 0 aliphatic rings. The van der Waals surface area contributed by atoms with Crippen LogP contribution < -0.4 is 10.2 Å². The minimum Gasteiger partial charge on any atom is -0.378 e. The highest BCUT2D eigenvalue weighted by atomic mass is 19.1. The molecule has 0 fully saturated rings. The van der Waals surface area contributed by atoms with E-state index in [-0.39, 0.29) is 5.56 Å². The Morgan fingerprint density at radius 1 is 1.00 bits per heavy atom. The van der Waals surface area contributed by atoms with E-state index in [1.807, 2.05) is 43.3 Å². The fourth-order valence-corrected chi connectivity index (χ4v) is 2.12. The van der Waals surface area contributed by atoms with Crippen molar-refractivity contribution in [2.45, 2.75) is 13.0 Å². The monoisotopic (exact) mass is 276 g/mol. The molecule has 106 valence electrons. The zero-order valence-corrected chi connectivity index (χ0v) is 11.8. The predicted molar refractivity (Wildman–Crippen MR) is 79.2 cm³/mol. The summed E-state index contributed by atoms with van der Waals surface area (Å²) in [4.78, 5) is 1.97. The quantitative estimate of drug-likeness (QED) is 0.900. The molecule has 0 spiro atoms. The third-order valence-electron chi connectivity index (χ3n) is 3.18.